The molecule has 1 saturated carbocycles. The zero-order chi connectivity index (χ0) is 24.9. The molecule has 0 N–H and O–H groups in total. The summed E-state index contributed by atoms with van der Waals surface area (Å²) >= 11 is 0. The summed E-state index contributed by atoms with van der Waals surface area (Å²) in [6.07, 6.45) is 4.30. The Morgan fingerprint density at radius 2 is 1.80 bits per heavy atom. The molecule has 0 spiro atoms. The Morgan fingerprint density at radius 3 is 2.40 bits per heavy atom. The number of esters is 1. The predicted molar refractivity (Wildman–Crippen MR) is 132 cm³/mol. The van der Waals surface area contributed by atoms with Crippen LogP contribution in [0, 0.1) is 5.92 Å². The van der Waals surface area contributed by atoms with Crippen molar-refractivity contribution in [1.82, 2.24) is 19.8 Å². The van der Waals surface area contributed by atoms with Crippen LogP contribution in [0.3, 0.4) is 0 Å². The first-order chi connectivity index (χ1) is 16.9. The summed E-state index contributed by atoms with van der Waals surface area (Å²) in [5.74, 6) is -0.167. The number of piperazine rings is 1. The molecule has 2 aliphatic rings. The van der Waals surface area contributed by atoms with Gasteiger partial charge in [0.05, 0.1) is 12.3 Å². The SMILES string of the molecule is CCCc1nc(-c2ccccc2)nc(C(=O)N2CCN(C(=O)C3CCC3)C(C)C2)c1C(=O)OCC. The number of aryl methyl sites for hydroxylation is 1. The van der Waals surface area contributed by atoms with Crippen molar-refractivity contribution >= 4 is 17.8 Å². The van der Waals surface area contributed by atoms with E-state index in [2.05, 4.69) is 9.97 Å². The molecule has 1 aliphatic carbocycles. The standard InChI is InChI=1S/C27H34N4O4/c1-4-10-21-22(27(34)35-5-2)23(29-24(28-21)19-11-7-6-8-12-19)26(33)30-15-16-31(18(3)17-30)25(32)20-13-9-14-20/h6-8,11-12,18,20H,4-5,9-10,13-17H2,1-3H3. The maximum absolute atomic E-state index is 13.8. The number of benzene rings is 1. The van der Waals surface area contributed by atoms with E-state index in [4.69, 9.17) is 4.74 Å². The average molecular weight is 479 g/mol. The van der Waals surface area contributed by atoms with Gasteiger partial charge in [-0.15, -0.1) is 0 Å². The first kappa shape index (κ1) is 24.8. The lowest BCUT2D eigenvalue weighted by molar-refractivity contribution is -0.142. The van der Waals surface area contributed by atoms with E-state index in [0.29, 0.717) is 37.6 Å². The fourth-order valence-corrected chi connectivity index (χ4v) is 4.72. The van der Waals surface area contributed by atoms with Gasteiger partial charge in [-0.25, -0.2) is 14.8 Å². The number of amides is 2. The minimum Gasteiger partial charge on any atom is -0.462 e. The van der Waals surface area contributed by atoms with E-state index >= 15 is 0 Å². The third kappa shape index (κ3) is 5.21. The Morgan fingerprint density at radius 1 is 1.06 bits per heavy atom. The minimum absolute atomic E-state index is 0.0757. The number of nitrogens with zero attached hydrogens (tertiary/aromatic N) is 4. The number of ether oxygens (including phenoxy) is 1. The fourth-order valence-electron chi connectivity index (χ4n) is 4.72. The van der Waals surface area contributed by atoms with E-state index in [1.54, 1.807) is 11.8 Å². The highest BCUT2D eigenvalue weighted by Gasteiger charge is 2.37. The van der Waals surface area contributed by atoms with Crippen LogP contribution in [-0.2, 0) is 16.0 Å². The van der Waals surface area contributed by atoms with Crippen LogP contribution in [-0.4, -0.2) is 69.8 Å². The number of hydrogen-bond acceptors (Lipinski definition) is 6. The van der Waals surface area contributed by atoms with Crippen LogP contribution in [0.1, 0.15) is 73.0 Å². The zero-order valence-corrected chi connectivity index (χ0v) is 20.8. The van der Waals surface area contributed by atoms with E-state index in [9.17, 15) is 14.4 Å². The second kappa shape index (κ2) is 11.0. The highest BCUT2D eigenvalue weighted by atomic mass is 16.5. The molecule has 0 bridgehead atoms. The van der Waals surface area contributed by atoms with Gasteiger partial charge in [0.2, 0.25) is 5.91 Å². The fraction of sp³-hybridized carbons (Fsp3) is 0.519. The maximum atomic E-state index is 13.8. The van der Waals surface area contributed by atoms with Gasteiger partial charge in [0, 0.05) is 37.2 Å². The number of rotatable bonds is 7. The second-order valence-corrected chi connectivity index (χ2v) is 9.31. The van der Waals surface area contributed by atoms with Gasteiger partial charge in [-0.2, -0.15) is 0 Å². The molecule has 2 aromatic rings. The highest BCUT2D eigenvalue weighted by molar-refractivity contribution is 6.05. The molecular weight excluding hydrogens is 444 g/mol. The lowest BCUT2D eigenvalue weighted by Gasteiger charge is -2.42. The molecule has 2 amide bonds. The summed E-state index contributed by atoms with van der Waals surface area (Å²) in [6.45, 7) is 7.18. The van der Waals surface area contributed by atoms with Crippen LogP contribution >= 0.6 is 0 Å². The summed E-state index contributed by atoms with van der Waals surface area (Å²) in [5.41, 5.74) is 1.53. The summed E-state index contributed by atoms with van der Waals surface area (Å²) < 4.78 is 5.31. The summed E-state index contributed by atoms with van der Waals surface area (Å²) in [4.78, 5) is 52.5. The Balaban J connectivity index is 1.68. The van der Waals surface area contributed by atoms with Crippen molar-refractivity contribution in [3.8, 4) is 11.4 Å². The van der Waals surface area contributed by atoms with Crippen molar-refractivity contribution in [2.45, 2.75) is 58.9 Å². The number of hydrogen-bond donors (Lipinski definition) is 0. The summed E-state index contributed by atoms with van der Waals surface area (Å²) in [5, 5.41) is 0. The molecule has 8 heteroatoms. The molecule has 4 rings (SSSR count). The molecule has 186 valence electrons. The Hall–Kier alpha value is -3.29. The third-order valence-electron chi connectivity index (χ3n) is 6.84. The topological polar surface area (TPSA) is 92.7 Å². The molecule has 35 heavy (non-hydrogen) atoms. The Labute approximate surface area is 206 Å². The van der Waals surface area contributed by atoms with Crippen molar-refractivity contribution in [2.75, 3.05) is 26.2 Å². The van der Waals surface area contributed by atoms with Crippen LogP contribution < -0.4 is 0 Å². The molecule has 2 fully saturated rings. The van der Waals surface area contributed by atoms with Gasteiger partial charge >= 0.3 is 5.97 Å². The highest BCUT2D eigenvalue weighted by Crippen LogP contribution is 2.30. The van der Waals surface area contributed by atoms with Crippen molar-refractivity contribution < 1.29 is 19.1 Å². The van der Waals surface area contributed by atoms with Crippen molar-refractivity contribution in [3.63, 3.8) is 0 Å². The minimum atomic E-state index is -0.578. The van der Waals surface area contributed by atoms with Gasteiger partial charge in [0.25, 0.3) is 5.91 Å². The van der Waals surface area contributed by atoms with Gasteiger partial charge in [-0.1, -0.05) is 50.1 Å². The van der Waals surface area contributed by atoms with Crippen LogP contribution in [0.5, 0.6) is 0 Å². The van der Waals surface area contributed by atoms with E-state index in [1.165, 1.54) is 0 Å². The molecule has 2 heterocycles. The molecule has 1 aromatic carbocycles. The molecule has 8 nitrogen and oxygen atoms in total. The number of carbonyl (C=O) groups excluding carboxylic acids is 3. The van der Waals surface area contributed by atoms with Crippen LogP contribution in [0.25, 0.3) is 11.4 Å². The molecule has 1 unspecified atom stereocenters. The lowest BCUT2D eigenvalue weighted by atomic mass is 9.84. The molecule has 1 saturated heterocycles. The van der Waals surface area contributed by atoms with Crippen molar-refractivity contribution in [2.24, 2.45) is 5.92 Å². The van der Waals surface area contributed by atoms with Gasteiger partial charge in [0.1, 0.15) is 11.3 Å². The Kier molecular flexibility index (Phi) is 7.78. The zero-order valence-electron chi connectivity index (χ0n) is 20.8. The quantitative estimate of drug-likeness (QED) is 0.563. The molecule has 0 radical (unpaired) electrons. The first-order valence-corrected chi connectivity index (χ1v) is 12.7. The van der Waals surface area contributed by atoms with Crippen molar-refractivity contribution in [3.05, 3.63) is 47.3 Å². The second-order valence-electron chi connectivity index (χ2n) is 9.31. The normalized spacial score (nSPS) is 18.2. The van der Waals surface area contributed by atoms with Gasteiger partial charge in [-0.3, -0.25) is 9.59 Å². The average Bonchev–Trinajstić information content (AvgIpc) is 2.82. The lowest BCUT2D eigenvalue weighted by Crippen LogP contribution is -2.57. The van der Waals surface area contributed by atoms with Crippen LogP contribution in [0.2, 0.25) is 0 Å². The summed E-state index contributed by atoms with van der Waals surface area (Å²) in [6, 6.07) is 9.35. The molecule has 1 aromatic heterocycles. The van der Waals surface area contributed by atoms with E-state index < -0.39 is 5.97 Å². The van der Waals surface area contributed by atoms with Crippen molar-refractivity contribution in [1.29, 1.82) is 0 Å². The predicted octanol–water partition coefficient (Wildman–Crippen LogP) is 3.75. The molecule has 1 atom stereocenters. The van der Waals surface area contributed by atoms with E-state index in [0.717, 1.165) is 31.2 Å². The smallest absolute Gasteiger partial charge is 0.342 e. The Bertz CT molecular complexity index is 1080. The largest absolute Gasteiger partial charge is 0.462 e. The van der Waals surface area contributed by atoms with Crippen LogP contribution in [0.15, 0.2) is 30.3 Å². The van der Waals surface area contributed by atoms with E-state index in [1.807, 2.05) is 49.1 Å². The maximum Gasteiger partial charge on any atom is 0.342 e. The van der Waals surface area contributed by atoms with Crippen LogP contribution in [0.4, 0.5) is 0 Å². The van der Waals surface area contributed by atoms with Gasteiger partial charge in [-0.05, 0) is 33.1 Å². The monoisotopic (exact) mass is 478 g/mol. The molecular formula is C27H34N4O4. The van der Waals surface area contributed by atoms with Gasteiger partial charge < -0.3 is 14.5 Å². The first-order valence-electron chi connectivity index (χ1n) is 12.7. The van der Waals surface area contributed by atoms with E-state index in [-0.39, 0.29) is 41.6 Å². The summed E-state index contributed by atoms with van der Waals surface area (Å²) in [7, 11) is 0. The number of aromatic nitrogens is 2. The van der Waals surface area contributed by atoms with Gasteiger partial charge in [0.15, 0.2) is 5.82 Å². The number of carbonyl (C=O) groups is 3. The molecule has 1 aliphatic heterocycles. The third-order valence-corrected chi connectivity index (χ3v) is 6.84.